The third kappa shape index (κ3) is 8.25. The Morgan fingerprint density at radius 2 is 1.60 bits per heavy atom. The number of hydrogen-bond donors (Lipinski definition) is 2. The fourth-order valence-corrected chi connectivity index (χ4v) is 3.51. The summed E-state index contributed by atoms with van der Waals surface area (Å²) in [7, 11) is 1.74. The Labute approximate surface area is 182 Å². The van der Waals surface area contributed by atoms with Gasteiger partial charge in [0.15, 0.2) is 0 Å². The number of carbonyl (C=O) groups is 2. The SMILES string of the molecule is CC(C)CCN(C)C(=O)C(NC(=O)O)[C@H](c1ccc(OC(C)(C)C)cc1)C(C)(C)C. The average molecular weight is 421 g/mol. The van der Waals surface area contributed by atoms with Crippen molar-refractivity contribution in [1.82, 2.24) is 10.2 Å². The van der Waals surface area contributed by atoms with Crippen LogP contribution in [0, 0.1) is 11.3 Å². The number of nitrogens with one attached hydrogen (secondary N) is 1. The number of carboxylic acid groups (broad SMARTS) is 1. The summed E-state index contributed by atoms with van der Waals surface area (Å²) >= 11 is 0. The van der Waals surface area contributed by atoms with Gasteiger partial charge in [0.1, 0.15) is 17.4 Å². The van der Waals surface area contributed by atoms with E-state index in [1.807, 2.05) is 65.8 Å². The van der Waals surface area contributed by atoms with Crippen LogP contribution in [0.3, 0.4) is 0 Å². The van der Waals surface area contributed by atoms with E-state index in [9.17, 15) is 14.7 Å². The van der Waals surface area contributed by atoms with Crippen molar-refractivity contribution in [3.8, 4) is 5.75 Å². The van der Waals surface area contributed by atoms with Crippen molar-refractivity contribution in [1.29, 1.82) is 0 Å². The molecule has 0 bridgehead atoms. The van der Waals surface area contributed by atoms with Crippen LogP contribution in [-0.2, 0) is 4.79 Å². The zero-order chi connectivity index (χ0) is 23.3. The van der Waals surface area contributed by atoms with Crippen LogP contribution in [0.2, 0.25) is 0 Å². The lowest BCUT2D eigenvalue weighted by atomic mass is 9.72. The van der Waals surface area contributed by atoms with Crippen LogP contribution in [0.15, 0.2) is 24.3 Å². The van der Waals surface area contributed by atoms with E-state index < -0.39 is 12.1 Å². The number of carbonyl (C=O) groups excluding carboxylic acids is 1. The van der Waals surface area contributed by atoms with Crippen LogP contribution in [0.4, 0.5) is 4.79 Å². The Hall–Kier alpha value is -2.24. The van der Waals surface area contributed by atoms with Crippen molar-refractivity contribution in [3.63, 3.8) is 0 Å². The lowest BCUT2D eigenvalue weighted by Gasteiger charge is -2.38. The largest absolute Gasteiger partial charge is 0.488 e. The minimum Gasteiger partial charge on any atom is -0.488 e. The number of likely N-dealkylation sites (N-methyl/N-ethyl adjacent to an activating group) is 1. The van der Waals surface area contributed by atoms with E-state index in [1.54, 1.807) is 11.9 Å². The highest BCUT2D eigenvalue weighted by Crippen LogP contribution is 2.39. The first-order chi connectivity index (χ1) is 13.6. The third-order valence-electron chi connectivity index (χ3n) is 4.89. The van der Waals surface area contributed by atoms with Crippen molar-refractivity contribution in [2.75, 3.05) is 13.6 Å². The molecule has 2 atom stereocenters. The first-order valence-electron chi connectivity index (χ1n) is 10.6. The number of amides is 2. The van der Waals surface area contributed by atoms with Crippen LogP contribution in [-0.4, -0.2) is 47.2 Å². The molecule has 30 heavy (non-hydrogen) atoms. The van der Waals surface area contributed by atoms with E-state index in [4.69, 9.17) is 4.74 Å². The summed E-state index contributed by atoms with van der Waals surface area (Å²) in [6, 6.07) is 6.73. The summed E-state index contributed by atoms with van der Waals surface area (Å²) in [5.74, 6) is 0.640. The molecule has 0 aromatic heterocycles. The van der Waals surface area contributed by atoms with Gasteiger partial charge in [0.2, 0.25) is 5.91 Å². The van der Waals surface area contributed by atoms with Gasteiger partial charge in [-0.05, 0) is 56.2 Å². The first-order valence-corrected chi connectivity index (χ1v) is 10.6. The quantitative estimate of drug-likeness (QED) is 0.611. The van der Waals surface area contributed by atoms with Crippen molar-refractivity contribution in [2.24, 2.45) is 11.3 Å². The molecule has 6 heteroatoms. The molecule has 1 aromatic rings. The van der Waals surface area contributed by atoms with Crippen molar-refractivity contribution >= 4 is 12.0 Å². The zero-order valence-corrected chi connectivity index (χ0v) is 20.1. The molecule has 0 saturated carbocycles. The van der Waals surface area contributed by atoms with E-state index >= 15 is 0 Å². The molecule has 0 aliphatic heterocycles. The third-order valence-corrected chi connectivity index (χ3v) is 4.89. The lowest BCUT2D eigenvalue weighted by molar-refractivity contribution is -0.133. The van der Waals surface area contributed by atoms with Gasteiger partial charge in [-0.3, -0.25) is 4.79 Å². The molecule has 6 nitrogen and oxygen atoms in total. The number of nitrogens with zero attached hydrogens (tertiary/aromatic N) is 1. The fraction of sp³-hybridized carbons (Fsp3) is 0.667. The van der Waals surface area contributed by atoms with Crippen LogP contribution >= 0.6 is 0 Å². The molecular weight excluding hydrogens is 380 g/mol. The Morgan fingerprint density at radius 1 is 1.07 bits per heavy atom. The molecule has 1 unspecified atom stereocenters. The van der Waals surface area contributed by atoms with Gasteiger partial charge in [-0.15, -0.1) is 0 Å². The highest BCUT2D eigenvalue weighted by molar-refractivity contribution is 5.86. The number of rotatable bonds is 8. The van der Waals surface area contributed by atoms with Crippen LogP contribution < -0.4 is 10.1 Å². The smallest absolute Gasteiger partial charge is 0.405 e. The van der Waals surface area contributed by atoms with Crippen molar-refractivity contribution in [3.05, 3.63) is 29.8 Å². The van der Waals surface area contributed by atoms with Gasteiger partial charge >= 0.3 is 6.09 Å². The minimum atomic E-state index is -1.20. The Bertz CT molecular complexity index is 699. The van der Waals surface area contributed by atoms with E-state index in [0.717, 1.165) is 17.7 Å². The van der Waals surface area contributed by atoms with Crippen LogP contribution in [0.25, 0.3) is 0 Å². The zero-order valence-electron chi connectivity index (χ0n) is 20.1. The van der Waals surface area contributed by atoms with Gasteiger partial charge in [0, 0.05) is 19.5 Å². The average Bonchev–Trinajstić information content (AvgIpc) is 2.57. The molecule has 2 amide bonds. The maximum absolute atomic E-state index is 13.3. The predicted octanol–water partition coefficient (Wildman–Crippen LogP) is 5.13. The first kappa shape index (κ1) is 25.8. The summed E-state index contributed by atoms with van der Waals surface area (Å²) in [4.78, 5) is 26.5. The molecular formula is C24H40N2O4. The highest BCUT2D eigenvalue weighted by Gasteiger charge is 2.40. The van der Waals surface area contributed by atoms with Crippen LogP contribution in [0.5, 0.6) is 5.75 Å². The second-order valence-corrected chi connectivity index (χ2v) is 10.5. The number of ether oxygens (including phenoxy) is 1. The molecule has 0 aliphatic carbocycles. The Kier molecular flexibility index (Phi) is 8.76. The maximum atomic E-state index is 13.3. The molecule has 0 aliphatic rings. The standard InChI is InChI=1S/C24H40N2O4/c1-16(2)14-15-26(9)21(27)20(25-22(28)29)19(23(3,4)5)17-10-12-18(13-11-17)30-24(6,7)8/h10-13,16,19-20,25H,14-15H2,1-9H3,(H,28,29)/t19-,20?/m0/s1. The molecule has 0 fully saturated rings. The summed E-state index contributed by atoms with van der Waals surface area (Å²) < 4.78 is 5.90. The molecule has 170 valence electrons. The fourth-order valence-electron chi connectivity index (χ4n) is 3.51. The normalized spacial score (nSPS) is 14.2. The topological polar surface area (TPSA) is 78.9 Å². The molecule has 0 saturated heterocycles. The van der Waals surface area contributed by atoms with E-state index in [-0.39, 0.29) is 22.8 Å². The van der Waals surface area contributed by atoms with Gasteiger partial charge in [-0.1, -0.05) is 46.8 Å². The van der Waals surface area contributed by atoms with E-state index in [2.05, 4.69) is 19.2 Å². The Balaban J connectivity index is 3.28. The van der Waals surface area contributed by atoms with Gasteiger partial charge in [-0.2, -0.15) is 0 Å². The highest BCUT2D eigenvalue weighted by atomic mass is 16.5. The molecule has 1 aromatic carbocycles. The van der Waals surface area contributed by atoms with Crippen molar-refractivity contribution in [2.45, 2.75) is 79.4 Å². The van der Waals surface area contributed by atoms with E-state index in [0.29, 0.717) is 12.5 Å². The van der Waals surface area contributed by atoms with Gasteiger partial charge in [0.25, 0.3) is 0 Å². The van der Waals surface area contributed by atoms with Gasteiger partial charge in [-0.25, -0.2) is 4.79 Å². The van der Waals surface area contributed by atoms with Gasteiger partial charge < -0.3 is 20.1 Å². The summed E-state index contributed by atoms with van der Waals surface area (Å²) in [6.45, 7) is 16.8. The number of benzene rings is 1. The molecule has 0 radical (unpaired) electrons. The molecule has 2 N–H and O–H groups in total. The van der Waals surface area contributed by atoms with Crippen molar-refractivity contribution < 1.29 is 19.4 Å². The number of hydrogen-bond acceptors (Lipinski definition) is 3. The predicted molar refractivity (Wildman–Crippen MR) is 121 cm³/mol. The summed E-state index contributed by atoms with van der Waals surface area (Å²) in [6.07, 6.45) is -0.339. The summed E-state index contributed by atoms with van der Waals surface area (Å²) in [5, 5.41) is 12.0. The maximum Gasteiger partial charge on any atom is 0.405 e. The Morgan fingerprint density at radius 3 is 2.00 bits per heavy atom. The van der Waals surface area contributed by atoms with E-state index in [1.165, 1.54) is 0 Å². The second-order valence-electron chi connectivity index (χ2n) is 10.5. The molecule has 1 rings (SSSR count). The van der Waals surface area contributed by atoms with Gasteiger partial charge in [0.05, 0.1) is 0 Å². The minimum absolute atomic E-state index is 0.215. The summed E-state index contributed by atoms with van der Waals surface area (Å²) in [5.41, 5.74) is 0.231. The molecule has 0 heterocycles. The second kappa shape index (κ2) is 10.2. The molecule has 0 spiro atoms. The lowest BCUT2D eigenvalue weighted by Crippen LogP contribution is -2.53. The van der Waals surface area contributed by atoms with Crippen LogP contribution in [0.1, 0.15) is 73.3 Å². The monoisotopic (exact) mass is 420 g/mol.